The molecule has 0 aliphatic rings. The molecule has 0 fully saturated rings. The van der Waals surface area contributed by atoms with Crippen molar-refractivity contribution in [2.45, 2.75) is 29.7 Å². The van der Waals surface area contributed by atoms with E-state index in [1.165, 1.54) is 30.8 Å². The summed E-state index contributed by atoms with van der Waals surface area (Å²) >= 11 is 1.43. The van der Waals surface area contributed by atoms with Crippen LogP contribution in [0.25, 0.3) is 0 Å². The highest BCUT2D eigenvalue weighted by Crippen LogP contribution is 2.28. The third-order valence-electron chi connectivity index (χ3n) is 3.39. The first-order chi connectivity index (χ1) is 12.3. The van der Waals surface area contributed by atoms with Crippen LogP contribution in [0.3, 0.4) is 0 Å². The summed E-state index contributed by atoms with van der Waals surface area (Å²) in [6.07, 6.45) is 1.86. The monoisotopic (exact) mass is 394 g/mol. The van der Waals surface area contributed by atoms with Crippen LogP contribution in [0.15, 0.2) is 58.3 Å². The Labute approximate surface area is 158 Å². The van der Waals surface area contributed by atoms with Crippen molar-refractivity contribution in [1.29, 1.82) is 0 Å². The van der Waals surface area contributed by atoms with E-state index < -0.39 is 16.1 Å². The van der Waals surface area contributed by atoms with Crippen molar-refractivity contribution in [3.05, 3.63) is 48.5 Å². The Morgan fingerprint density at radius 2 is 1.88 bits per heavy atom. The Hall–Kier alpha value is -2.03. The molecule has 2 aromatic rings. The second-order valence-electron chi connectivity index (χ2n) is 5.69. The van der Waals surface area contributed by atoms with Crippen LogP contribution < -0.4 is 14.8 Å². The molecular formula is C18H22N2O4S2. The molecule has 0 radical (unpaired) electrons. The summed E-state index contributed by atoms with van der Waals surface area (Å²) in [5, 5.41) is 2.66. The minimum absolute atomic E-state index is 0.0885. The largest absolute Gasteiger partial charge is 0.492 e. The van der Waals surface area contributed by atoms with Crippen molar-refractivity contribution in [3.63, 3.8) is 0 Å². The minimum Gasteiger partial charge on any atom is -0.492 e. The van der Waals surface area contributed by atoms with Gasteiger partial charge in [-0.2, -0.15) is 0 Å². The lowest BCUT2D eigenvalue weighted by Gasteiger charge is -2.16. The number of anilines is 1. The summed E-state index contributed by atoms with van der Waals surface area (Å²) < 4.78 is 33.4. The van der Waals surface area contributed by atoms with Gasteiger partial charge in [-0.1, -0.05) is 18.2 Å². The Kier molecular flexibility index (Phi) is 7.07. The van der Waals surface area contributed by atoms with Crippen LogP contribution in [-0.4, -0.2) is 33.2 Å². The first-order valence-electron chi connectivity index (χ1n) is 7.97. The van der Waals surface area contributed by atoms with Crippen LogP contribution in [0.5, 0.6) is 5.75 Å². The summed E-state index contributed by atoms with van der Waals surface area (Å²) in [4.78, 5) is 12.2. The quantitative estimate of drug-likeness (QED) is 0.672. The summed E-state index contributed by atoms with van der Waals surface area (Å²) in [6.45, 7) is 3.31. The van der Waals surface area contributed by atoms with Crippen LogP contribution in [0.1, 0.15) is 13.8 Å². The molecule has 26 heavy (non-hydrogen) atoms. The smallest absolute Gasteiger partial charge is 0.241 e. The maximum absolute atomic E-state index is 12.6. The number of nitrogens with one attached hydrogen (secondary N) is 2. The highest BCUT2D eigenvalue weighted by Gasteiger charge is 2.19. The van der Waals surface area contributed by atoms with Crippen LogP contribution in [0, 0.1) is 0 Å². The van der Waals surface area contributed by atoms with Crippen LogP contribution in [0.4, 0.5) is 5.69 Å². The molecule has 6 nitrogen and oxygen atoms in total. The van der Waals surface area contributed by atoms with Crippen LogP contribution in [-0.2, 0) is 14.8 Å². The molecule has 140 valence electrons. The van der Waals surface area contributed by atoms with E-state index in [1.54, 1.807) is 13.0 Å². The van der Waals surface area contributed by atoms with Crippen LogP contribution in [0.2, 0.25) is 0 Å². The molecule has 0 aromatic heterocycles. The third kappa shape index (κ3) is 5.76. The number of rotatable bonds is 8. The molecule has 0 aliphatic carbocycles. The number of hydrogen-bond donors (Lipinski definition) is 2. The fraction of sp³-hybridized carbons (Fsp3) is 0.278. The summed E-state index contributed by atoms with van der Waals surface area (Å²) in [5.74, 6) is 0.420. The normalized spacial score (nSPS) is 12.4. The maximum Gasteiger partial charge on any atom is 0.241 e. The Balaban J connectivity index is 2.09. The number of amides is 1. The number of benzene rings is 2. The average Bonchev–Trinajstić information content (AvgIpc) is 2.60. The average molecular weight is 395 g/mol. The van der Waals surface area contributed by atoms with Crippen molar-refractivity contribution in [2.24, 2.45) is 0 Å². The Morgan fingerprint density at radius 3 is 2.50 bits per heavy atom. The molecule has 1 unspecified atom stereocenters. The topological polar surface area (TPSA) is 84.5 Å². The Bertz CT molecular complexity index is 855. The molecule has 0 saturated carbocycles. The van der Waals surface area contributed by atoms with Gasteiger partial charge in [-0.3, -0.25) is 4.79 Å². The molecule has 8 heteroatoms. The van der Waals surface area contributed by atoms with E-state index in [4.69, 9.17) is 4.74 Å². The minimum atomic E-state index is -3.74. The SMILES string of the molecule is CSc1ccc(S(=O)(=O)NC(C)COc2ccccc2)cc1NC(C)=O. The van der Waals surface area contributed by atoms with Gasteiger partial charge < -0.3 is 10.1 Å². The molecule has 2 N–H and O–H groups in total. The van der Waals surface area contributed by atoms with E-state index in [0.29, 0.717) is 11.4 Å². The van der Waals surface area contributed by atoms with Gasteiger partial charge in [0.1, 0.15) is 12.4 Å². The number of hydrogen-bond acceptors (Lipinski definition) is 5. The van der Waals surface area contributed by atoms with E-state index in [-0.39, 0.29) is 17.4 Å². The number of ether oxygens (including phenoxy) is 1. The zero-order valence-corrected chi connectivity index (χ0v) is 16.5. The zero-order valence-electron chi connectivity index (χ0n) is 14.9. The lowest BCUT2D eigenvalue weighted by atomic mass is 10.3. The molecule has 1 amide bonds. The van der Waals surface area contributed by atoms with Crippen molar-refractivity contribution in [2.75, 3.05) is 18.2 Å². The first-order valence-corrected chi connectivity index (χ1v) is 10.7. The highest BCUT2D eigenvalue weighted by molar-refractivity contribution is 7.98. The number of carbonyl (C=O) groups is 1. The molecule has 0 saturated heterocycles. The van der Waals surface area contributed by atoms with E-state index in [0.717, 1.165) is 4.90 Å². The fourth-order valence-electron chi connectivity index (χ4n) is 2.25. The van der Waals surface area contributed by atoms with Gasteiger partial charge in [-0.05, 0) is 43.5 Å². The summed E-state index contributed by atoms with van der Waals surface area (Å²) in [7, 11) is -3.74. The molecule has 1 atom stereocenters. The molecule has 0 spiro atoms. The van der Waals surface area contributed by atoms with Gasteiger partial charge in [0.05, 0.1) is 16.6 Å². The van der Waals surface area contributed by atoms with Gasteiger partial charge in [0, 0.05) is 11.8 Å². The van der Waals surface area contributed by atoms with Gasteiger partial charge in [0.25, 0.3) is 0 Å². The maximum atomic E-state index is 12.6. The number of para-hydroxylation sites is 1. The molecule has 2 aromatic carbocycles. The number of sulfonamides is 1. The molecule has 0 aliphatic heterocycles. The van der Waals surface area contributed by atoms with Gasteiger partial charge in [0.15, 0.2) is 0 Å². The van der Waals surface area contributed by atoms with Gasteiger partial charge >= 0.3 is 0 Å². The third-order valence-corrected chi connectivity index (χ3v) is 5.77. The van der Waals surface area contributed by atoms with Crippen molar-refractivity contribution < 1.29 is 17.9 Å². The molecule has 0 bridgehead atoms. The summed E-state index contributed by atoms with van der Waals surface area (Å²) in [6, 6.07) is 13.4. The predicted octanol–water partition coefficient (Wildman–Crippen LogP) is 3.11. The lowest BCUT2D eigenvalue weighted by molar-refractivity contribution is -0.114. The van der Waals surface area contributed by atoms with E-state index in [9.17, 15) is 13.2 Å². The van der Waals surface area contributed by atoms with Crippen molar-refractivity contribution in [1.82, 2.24) is 4.72 Å². The van der Waals surface area contributed by atoms with E-state index in [1.807, 2.05) is 36.6 Å². The highest BCUT2D eigenvalue weighted by atomic mass is 32.2. The number of thioether (sulfide) groups is 1. The predicted molar refractivity (Wildman–Crippen MR) is 104 cm³/mol. The van der Waals surface area contributed by atoms with Crippen LogP contribution >= 0.6 is 11.8 Å². The van der Waals surface area contributed by atoms with Crippen molar-refractivity contribution in [3.8, 4) is 5.75 Å². The second kappa shape index (κ2) is 9.07. The van der Waals surface area contributed by atoms with Gasteiger partial charge in [0.2, 0.25) is 15.9 Å². The zero-order chi connectivity index (χ0) is 19.2. The molecule has 2 rings (SSSR count). The van der Waals surface area contributed by atoms with E-state index in [2.05, 4.69) is 10.0 Å². The van der Waals surface area contributed by atoms with Crippen molar-refractivity contribution >= 4 is 33.4 Å². The standard InChI is InChI=1S/C18H22N2O4S2/c1-13(12-24-15-7-5-4-6-8-15)20-26(22,23)16-9-10-18(25-3)17(11-16)19-14(2)21/h4-11,13,20H,12H2,1-3H3,(H,19,21). The summed E-state index contributed by atoms with van der Waals surface area (Å²) in [5.41, 5.74) is 0.473. The van der Waals surface area contributed by atoms with Gasteiger partial charge in [-0.15, -0.1) is 11.8 Å². The fourth-order valence-corrected chi connectivity index (χ4v) is 4.03. The van der Waals surface area contributed by atoms with E-state index >= 15 is 0 Å². The molecular weight excluding hydrogens is 372 g/mol. The van der Waals surface area contributed by atoms with Gasteiger partial charge in [-0.25, -0.2) is 13.1 Å². The Morgan fingerprint density at radius 1 is 1.19 bits per heavy atom. The lowest BCUT2D eigenvalue weighted by Crippen LogP contribution is -2.36. The second-order valence-corrected chi connectivity index (χ2v) is 8.25. The first kappa shape index (κ1) is 20.3. The molecule has 0 heterocycles. The number of carbonyl (C=O) groups excluding carboxylic acids is 1.